The number of benzene rings is 1. The Morgan fingerprint density at radius 3 is 2.73 bits per heavy atom. The third-order valence-corrected chi connectivity index (χ3v) is 2.24. The van der Waals surface area contributed by atoms with Crippen molar-refractivity contribution in [3.8, 4) is 0 Å². The molecule has 1 N–H and O–H groups in total. The summed E-state index contributed by atoms with van der Waals surface area (Å²) in [6.07, 6.45) is 0. The van der Waals surface area contributed by atoms with Crippen LogP contribution in [0.25, 0.3) is 0 Å². The van der Waals surface area contributed by atoms with E-state index in [1.165, 1.54) is 6.07 Å². The lowest BCUT2D eigenvalue weighted by molar-refractivity contribution is -0.384. The molecule has 0 aliphatic rings. The van der Waals surface area contributed by atoms with E-state index in [0.717, 1.165) is 5.56 Å². The van der Waals surface area contributed by atoms with Gasteiger partial charge in [-0.25, -0.2) is 0 Å². The SMILES string of the molecule is CC(C)NCc1ccc(Cl)c([N+](=O)[O-])c1. The molecule has 1 aromatic carbocycles. The summed E-state index contributed by atoms with van der Waals surface area (Å²) in [5.74, 6) is 0. The first-order chi connectivity index (χ1) is 7.00. The Bertz CT molecular complexity index is 366. The lowest BCUT2D eigenvalue weighted by Crippen LogP contribution is -2.21. The Kier molecular flexibility index (Phi) is 4.05. The van der Waals surface area contributed by atoms with Gasteiger partial charge < -0.3 is 5.32 Å². The summed E-state index contributed by atoms with van der Waals surface area (Å²) in [5, 5.41) is 14.0. The average molecular weight is 229 g/mol. The van der Waals surface area contributed by atoms with Gasteiger partial charge in [0.15, 0.2) is 0 Å². The summed E-state index contributed by atoms with van der Waals surface area (Å²) in [5.41, 5.74) is 0.819. The summed E-state index contributed by atoms with van der Waals surface area (Å²) in [6, 6.07) is 5.18. The average Bonchev–Trinajstić information content (AvgIpc) is 2.16. The molecule has 0 aliphatic heterocycles. The molecule has 0 saturated carbocycles. The molecule has 0 radical (unpaired) electrons. The molecule has 0 heterocycles. The normalized spacial score (nSPS) is 10.7. The van der Waals surface area contributed by atoms with Gasteiger partial charge in [-0.05, 0) is 11.6 Å². The highest BCUT2D eigenvalue weighted by atomic mass is 35.5. The van der Waals surface area contributed by atoms with E-state index in [0.29, 0.717) is 12.6 Å². The van der Waals surface area contributed by atoms with Crippen LogP contribution >= 0.6 is 11.6 Å². The highest BCUT2D eigenvalue weighted by Crippen LogP contribution is 2.24. The van der Waals surface area contributed by atoms with Crippen LogP contribution in [0, 0.1) is 10.1 Å². The highest BCUT2D eigenvalue weighted by molar-refractivity contribution is 6.32. The van der Waals surface area contributed by atoms with E-state index in [2.05, 4.69) is 5.32 Å². The maximum atomic E-state index is 10.6. The van der Waals surface area contributed by atoms with Gasteiger partial charge in [-0.15, -0.1) is 0 Å². The number of nitro benzene ring substituents is 1. The molecule has 5 heteroatoms. The summed E-state index contributed by atoms with van der Waals surface area (Å²) >= 11 is 5.69. The monoisotopic (exact) mass is 228 g/mol. The lowest BCUT2D eigenvalue weighted by atomic mass is 10.2. The van der Waals surface area contributed by atoms with Gasteiger partial charge in [-0.1, -0.05) is 31.5 Å². The number of hydrogen-bond donors (Lipinski definition) is 1. The zero-order valence-electron chi connectivity index (χ0n) is 8.66. The van der Waals surface area contributed by atoms with E-state index >= 15 is 0 Å². The van der Waals surface area contributed by atoms with Gasteiger partial charge in [-0.3, -0.25) is 10.1 Å². The maximum absolute atomic E-state index is 10.6. The molecule has 4 nitrogen and oxygen atoms in total. The van der Waals surface area contributed by atoms with Crippen LogP contribution in [0.1, 0.15) is 19.4 Å². The zero-order valence-corrected chi connectivity index (χ0v) is 9.41. The van der Waals surface area contributed by atoms with Crippen LogP contribution in [0.3, 0.4) is 0 Å². The number of nitrogens with one attached hydrogen (secondary N) is 1. The van der Waals surface area contributed by atoms with Crippen LogP contribution in [0.5, 0.6) is 0 Å². The summed E-state index contributed by atoms with van der Waals surface area (Å²) in [7, 11) is 0. The molecule has 1 rings (SSSR count). The number of hydrogen-bond acceptors (Lipinski definition) is 3. The topological polar surface area (TPSA) is 55.2 Å². The minimum absolute atomic E-state index is 0.0419. The molecule has 0 bridgehead atoms. The van der Waals surface area contributed by atoms with Crippen LogP contribution in [0.2, 0.25) is 5.02 Å². The Balaban J connectivity index is 2.83. The Morgan fingerprint density at radius 2 is 2.20 bits per heavy atom. The molecule has 0 aliphatic carbocycles. The van der Waals surface area contributed by atoms with Crippen molar-refractivity contribution in [2.75, 3.05) is 0 Å². The largest absolute Gasteiger partial charge is 0.310 e. The standard InChI is InChI=1S/C10H13ClN2O2/c1-7(2)12-6-8-3-4-9(11)10(5-8)13(14)15/h3-5,7,12H,6H2,1-2H3. The molecular formula is C10H13ClN2O2. The van der Waals surface area contributed by atoms with Crippen molar-refractivity contribution >= 4 is 17.3 Å². The third-order valence-electron chi connectivity index (χ3n) is 1.92. The molecule has 1 aromatic rings. The first-order valence-electron chi connectivity index (χ1n) is 4.67. The van der Waals surface area contributed by atoms with E-state index in [9.17, 15) is 10.1 Å². The Hall–Kier alpha value is -1.13. The van der Waals surface area contributed by atoms with E-state index in [1.54, 1.807) is 12.1 Å². The van der Waals surface area contributed by atoms with E-state index < -0.39 is 4.92 Å². The zero-order chi connectivity index (χ0) is 11.4. The Labute approximate surface area is 93.4 Å². The van der Waals surface area contributed by atoms with E-state index in [-0.39, 0.29) is 10.7 Å². The molecule has 0 aromatic heterocycles. The van der Waals surface area contributed by atoms with Gasteiger partial charge in [0.25, 0.3) is 5.69 Å². The molecule has 0 unspecified atom stereocenters. The van der Waals surface area contributed by atoms with Gasteiger partial charge in [0.1, 0.15) is 5.02 Å². The van der Waals surface area contributed by atoms with Gasteiger partial charge in [0.05, 0.1) is 4.92 Å². The van der Waals surface area contributed by atoms with Gasteiger partial charge >= 0.3 is 0 Å². The number of nitro groups is 1. The van der Waals surface area contributed by atoms with Gasteiger partial charge in [0.2, 0.25) is 0 Å². The van der Waals surface area contributed by atoms with E-state index in [4.69, 9.17) is 11.6 Å². The minimum Gasteiger partial charge on any atom is -0.310 e. The highest BCUT2D eigenvalue weighted by Gasteiger charge is 2.12. The van der Waals surface area contributed by atoms with Crippen molar-refractivity contribution in [2.45, 2.75) is 26.4 Å². The second-order valence-corrected chi connectivity index (χ2v) is 3.99. The molecule has 82 valence electrons. The molecule has 15 heavy (non-hydrogen) atoms. The Morgan fingerprint density at radius 1 is 1.53 bits per heavy atom. The second kappa shape index (κ2) is 5.09. The van der Waals surface area contributed by atoms with Crippen molar-refractivity contribution in [3.05, 3.63) is 38.9 Å². The molecule has 0 spiro atoms. The minimum atomic E-state index is -0.471. The summed E-state index contributed by atoms with van der Waals surface area (Å²) in [6.45, 7) is 4.64. The van der Waals surface area contributed by atoms with Crippen molar-refractivity contribution < 1.29 is 4.92 Å². The van der Waals surface area contributed by atoms with Crippen LogP contribution in [-0.2, 0) is 6.54 Å². The number of rotatable bonds is 4. The first kappa shape index (κ1) is 11.9. The number of halogens is 1. The van der Waals surface area contributed by atoms with Crippen molar-refractivity contribution in [2.24, 2.45) is 0 Å². The van der Waals surface area contributed by atoms with Gasteiger partial charge in [0, 0.05) is 18.7 Å². The second-order valence-electron chi connectivity index (χ2n) is 3.58. The van der Waals surface area contributed by atoms with Crippen molar-refractivity contribution in [1.29, 1.82) is 0 Å². The molecule has 0 saturated heterocycles. The maximum Gasteiger partial charge on any atom is 0.288 e. The molecule has 0 amide bonds. The predicted molar refractivity (Wildman–Crippen MR) is 60.1 cm³/mol. The summed E-state index contributed by atoms with van der Waals surface area (Å²) in [4.78, 5) is 10.1. The van der Waals surface area contributed by atoms with Crippen LogP contribution in [0.15, 0.2) is 18.2 Å². The predicted octanol–water partition coefficient (Wildman–Crippen LogP) is 2.75. The smallest absolute Gasteiger partial charge is 0.288 e. The first-order valence-corrected chi connectivity index (χ1v) is 5.04. The number of nitrogens with zero attached hydrogens (tertiary/aromatic N) is 1. The fourth-order valence-electron chi connectivity index (χ4n) is 1.13. The van der Waals surface area contributed by atoms with E-state index in [1.807, 2.05) is 13.8 Å². The van der Waals surface area contributed by atoms with Crippen LogP contribution in [0.4, 0.5) is 5.69 Å². The molecule has 0 atom stereocenters. The van der Waals surface area contributed by atoms with Crippen molar-refractivity contribution in [3.63, 3.8) is 0 Å². The third kappa shape index (κ3) is 3.49. The fraction of sp³-hybridized carbons (Fsp3) is 0.400. The van der Waals surface area contributed by atoms with Crippen LogP contribution < -0.4 is 5.32 Å². The molecule has 0 fully saturated rings. The van der Waals surface area contributed by atoms with Crippen molar-refractivity contribution in [1.82, 2.24) is 5.32 Å². The molecular weight excluding hydrogens is 216 g/mol. The fourth-order valence-corrected chi connectivity index (χ4v) is 1.32. The van der Waals surface area contributed by atoms with Crippen LogP contribution in [-0.4, -0.2) is 11.0 Å². The quantitative estimate of drug-likeness (QED) is 0.637. The van der Waals surface area contributed by atoms with Gasteiger partial charge in [-0.2, -0.15) is 0 Å². The lowest BCUT2D eigenvalue weighted by Gasteiger charge is -2.07. The summed E-state index contributed by atoms with van der Waals surface area (Å²) < 4.78 is 0.